The minimum absolute atomic E-state index is 0.0237. The molecule has 1 amide bonds. The highest BCUT2D eigenvalue weighted by Gasteiger charge is 2.24. The molecule has 0 unspecified atom stereocenters. The predicted octanol–water partition coefficient (Wildman–Crippen LogP) is 5.48. The predicted molar refractivity (Wildman–Crippen MR) is 132 cm³/mol. The van der Waals surface area contributed by atoms with Gasteiger partial charge in [-0.05, 0) is 31.2 Å². The Kier molecular flexibility index (Phi) is 6.76. The first kappa shape index (κ1) is 24.0. The quantitative estimate of drug-likeness (QED) is 0.326. The van der Waals surface area contributed by atoms with E-state index in [1.165, 1.54) is 37.6 Å². The number of hydrogen-bond donors (Lipinski definition) is 1. The van der Waals surface area contributed by atoms with Gasteiger partial charge in [0.05, 0.1) is 22.8 Å². The smallest absolute Gasteiger partial charge is 0.292 e. The molecule has 0 spiro atoms. The van der Waals surface area contributed by atoms with E-state index in [1.807, 2.05) is 0 Å². The fourth-order valence-corrected chi connectivity index (χ4v) is 5.67. The molecule has 0 aliphatic carbocycles. The molecule has 3 aromatic carbocycles. The zero-order valence-corrected chi connectivity index (χ0v) is 20.8. The molecule has 34 heavy (non-hydrogen) atoms. The molecule has 0 radical (unpaired) electrons. The Morgan fingerprint density at radius 1 is 1.06 bits per heavy atom. The highest BCUT2D eigenvalue weighted by atomic mass is 35.5. The molecule has 0 aliphatic heterocycles. The Bertz CT molecular complexity index is 1490. The summed E-state index contributed by atoms with van der Waals surface area (Å²) in [6.45, 7) is 1.77. The number of rotatable bonds is 7. The number of carbonyl (C=O) groups is 1. The Hall–Kier alpha value is -3.18. The molecule has 0 saturated carbocycles. The number of hydroxylamine groups is 2. The van der Waals surface area contributed by atoms with Gasteiger partial charge in [-0.1, -0.05) is 48.0 Å². The number of hydrogen-bond acceptors (Lipinski definition) is 7. The lowest BCUT2D eigenvalue weighted by Crippen LogP contribution is -2.24. The number of nitrogens with zero attached hydrogens (tertiary/aromatic N) is 2. The normalized spacial score (nSPS) is 11.4. The molecule has 4 aromatic rings. The number of aromatic nitrogens is 1. The summed E-state index contributed by atoms with van der Waals surface area (Å²) in [6.07, 6.45) is 0. The van der Waals surface area contributed by atoms with Gasteiger partial charge in [-0.2, -0.15) is 0 Å². The molecule has 0 atom stereocenters. The van der Waals surface area contributed by atoms with E-state index in [-0.39, 0.29) is 20.7 Å². The summed E-state index contributed by atoms with van der Waals surface area (Å²) in [4.78, 5) is 22.2. The van der Waals surface area contributed by atoms with Crippen LogP contribution in [0, 0.1) is 6.92 Å². The van der Waals surface area contributed by atoms with E-state index >= 15 is 0 Å². The summed E-state index contributed by atoms with van der Waals surface area (Å²) >= 11 is 7.29. The van der Waals surface area contributed by atoms with Crippen molar-refractivity contribution >= 4 is 55.3 Å². The van der Waals surface area contributed by atoms with Gasteiger partial charge in [0, 0.05) is 17.8 Å². The van der Waals surface area contributed by atoms with Crippen LogP contribution in [0.15, 0.2) is 65.6 Å². The van der Waals surface area contributed by atoms with Crippen molar-refractivity contribution in [3.8, 4) is 11.6 Å². The number of ether oxygens (including phenoxy) is 1. The van der Waals surface area contributed by atoms with Crippen LogP contribution in [0.2, 0.25) is 5.02 Å². The van der Waals surface area contributed by atoms with Crippen molar-refractivity contribution in [2.45, 2.75) is 11.8 Å². The average Bonchev–Trinajstić information content (AvgIpc) is 3.19. The van der Waals surface area contributed by atoms with Gasteiger partial charge in [-0.15, -0.1) is 11.3 Å². The van der Waals surface area contributed by atoms with Crippen LogP contribution in [0.3, 0.4) is 0 Å². The molecule has 0 aliphatic rings. The van der Waals surface area contributed by atoms with Crippen molar-refractivity contribution < 1.29 is 22.8 Å². The maximum atomic E-state index is 13.0. The molecule has 0 fully saturated rings. The van der Waals surface area contributed by atoms with Crippen LogP contribution < -0.4 is 9.46 Å². The molecular formula is C23H20ClN3O5S2. The number of carbonyl (C=O) groups excluding carboxylic acids is 1. The molecule has 8 nitrogen and oxygen atoms in total. The molecule has 1 N–H and O–H groups in total. The van der Waals surface area contributed by atoms with Gasteiger partial charge in [-0.25, -0.2) is 18.5 Å². The molecular weight excluding hydrogens is 498 g/mol. The first-order chi connectivity index (χ1) is 16.2. The first-order valence-electron chi connectivity index (χ1n) is 9.98. The maximum Gasteiger partial charge on any atom is 0.292 e. The summed E-state index contributed by atoms with van der Waals surface area (Å²) in [5.41, 5.74) is 0.354. The number of sulfonamides is 1. The van der Waals surface area contributed by atoms with Crippen molar-refractivity contribution in [2.24, 2.45) is 0 Å². The molecule has 0 bridgehead atoms. The summed E-state index contributed by atoms with van der Waals surface area (Å²) in [7, 11) is -1.04. The van der Waals surface area contributed by atoms with Gasteiger partial charge in [0.15, 0.2) is 4.88 Å². The van der Waals surface area contributed by atoms with Crippen LogP contribution >= 0.6 is 22.9 Å². The molecule has 1 heterocycles. The van der Waals surface area contributed by atoms with Crippen LogP contribution in [-0.4, -0.2) is 38.5 Å². The van der Waals surface area contributed by atoms with Crippen molar-refractivity contribution in [1.82, 2.24) is 10.0 Å². The number of fused-ring (bicyclic) bond motifs is 1. The molecule has 0 saturated heterocycles. The summed E-state index contributed by atoms with van der Waals surface area (Å²) in [6, 6.07) is 16.6. The molecule has 1 aromatic heterocycles. The van der Waals surface area contributed by atoms with E-state index in [0.29, 0.717) is 27.2 Å². The lowest BCUT2D eigenvalue weighted by Gasteiger charge is -2.15. The van der Waals surface area contributed by atoms with Crippen molar-refractivity contribution in [2.75, 3.05) is 18.9 Å². The molecule has 176 valence electrons. The standard InChI is InChI=1S/C23H20ClN3O5S2/c1-14-25-22(21(33-14)23(28)27(2)31-3)32-19-13-12-18(15-8-4-5-9-16(15)19)26-34(29,30)20-11-7-6-10-17(20)24/h4-13,26H,1-3H3. The van der Waals surface area contributed by atoms with Gasteiger partial charge in [0.1, 0.15) is 10.6 Å². The summed E-state index contributed by atoms with van der Waals surface area (Å²) < 4.78 is 34.6. The minimum Gasteiger partial charge on any atom is -0.437 e. The monoisotopic (exact) mass is 517 g/mol. The molecule has 11 heteroatoms. The van der Waals surface area contributed by atoms with Crippen LogP contribution in [0.1, 0.15) is 14.7 Å². The van der Waals surface area contributed by atoms with E-state index in [9.17, 15) is 13.2 Å². The number of benzene rings is 3. The lowest BCUT2D eigenvalue weighted by molar-refractivity contribution is -0.0755. The zero-order valence-electron chi connectivity index (χ0n) is 18.4. The Morgan fingerprint density at radius 2 is 1.74 bits per heavy atom. The number of thiazole rings is 1. The van der Waals surface area contributed by atoms with Gasteiger partial charge in [0.25, 0.3) is 15.9 Å². The Balaban J connectivity index is 1.73. The molecule has 4 rings (SSSR count). The van der Waals surface area contributed by atoms with Gasteiger partial charge in [-0.3, -0.25) is 14.4 Å². The van der Waals surface area contributed by atoms with Crippen molar-refractivity contribution in [3.05, 3.63) is 75.6 Å². The average molecular weight is 518 g/mol. The third kappa shape index (κ3) is 4.71. The SMILES string of the molecule is CON(C)C(=O)c1sc(C)nc1Oc1ccc(NS(=O)(=O)c2ccccc2Cl)c2ccccc12. The van der Waals surface area contributed by atoms with E-state index in [0.717, 1.165) is 5.06 Å². The van der Waals surface area contributed by atoms with E-state index in [4.69, 9.17) is 21.2 Å². The second kappa shape index (κ2) is 9.59. The van der Waals surface area contributed by atoms with Gasteiger partial charge in [0.2, 0.25) is 5.88 Å². The van der Waals surface area contributed by atoms with Crippen molar-refractivity contribution in [3.63, 3.8) is 0 Å². The highest BCUT2D eigenvalue weighted by molar-refractivity contribution is 7.92. The topological polar surface area (TPSA) is 97.8 Å². The van der Waals surface area contributed by atoms with Crippen LogP contribution in [0.5, 0.6) is 11.6 Å². The Labute approximate surface area is 205 Å². The number of anilines is 1. The van der Waals surface area contributed by atoms with Crippen LogP contribution in [-0.2, 0) is 14.9 Å². The van der Waals surface area contributed by atoms with Gasteiger partial charge >= 0.3 is 0 Å². The maximum absolute atomic E-state index is 13.0. The highest BCUT2D eigenvalue weighted by Crippen LogP contribution is 2.37. The zero-order chi connectivity index (χ0) is 24.5. The number of nitrogens with one attached hydrogen (secondary N) is 1. The summed E-state index contributed by atoms with van der Waals surface area (Å²) in [5.74, 6) is 0.165. The van der Waals surface area contributed by atoms with E-state index < -0.39 is 15.9 Å². The van der Waals surface area contributed by atoms with Crippen molar-refractivity contribution in [1.29, 1.82) is 0 Å². The summed E-state index contributed by atoms with van der Waals surface area (Å²) in [5, 5.41) is 3.09. The van der Waals surface area contributed by atoms with Crippen LogP contribution in [0.4, 0.5) is 5.69 Å². The lowest BCUT2D eigenvalue weighted by atomic mass is 10.1. The fraction of sp³-hybridized carbons (Fsp3) is 0.130. The van der Waals surface area contributed by atoms with Gasteiger partial charge < -0.3 is 4.74 Å². The first-order valence-corrected chi connectivity index (χ1v) is 12.7. The number of halogens is 1. The van der Waals surface area contributed by atoms with E-state index in [1.54, 1.807) is 55.5 Å². The number of amides is 1. The third-order valence-electron chi connectivity index (χ3n) is 4.92. The second-order valence-electron chi connectivity index (χ2n) is 7.15. The fourth-order valence-electron chi connectivity index (χ4n) is 3.25. The minimum atomic E-state index is -3.93. The second-order valence-corrected chi connectivity index (χ2v) is 10.4. The number of aryl methyl sites for hydroxylation is 1. The van der Waals surface area contributed by atoms with Crippen LogP contribution in [0.25, 0.3) is 10.8 Å². The third-order valence-corrected chi connectivity index (χ3v) is 7.72. The Morgan fingerprint density at radius 3 is 2.44 bits per heavy atom. The largest absolute Gasteiger partial charge is 0.437 e. The van der Waals surface area contributed by atoms with E-state index in [2.05, 4.69) is 9.71 Å².